The Morgan fingerprint density at radius 3 is 2.50 bits per heavy atom. The van der Waals surface area contributed by atoms with Crippen LogP contribution in [0, 0.1) is 22.0 Å². The number of rotatable bonds is 6. The van der Waals surface area contributed by atoms with E-state index in [2.05, 4.69) is 0 Å². The van der Waals surface area contributed by atoms with Crippen LogP contribution in [-0.2, 0) is 16.6 Å². The summed E-state index contributed by atoms with van der Waals surface area (Å²) in [5.41, 5.74) is 0.0916. The maximum atomic E-state index is 13.1. The van der Waals surface area contributed by atoms with Crippen molar-refractivity contribution in [3.05, 3.63) is 52.5 Å². The third-order valence-electron chi connectivity index (χ3n) is 5.00. The van der Waals surface area contributed by atoms with E-state index in [-0.39, 0.29) is 22.4 Å². The van der Waals surface area contributed by atoms with Gasteiger partial charge in [0.1, 0.15) is 11.4 Å². The summed E-state index contributed by atoms with van der Waals surface area (Å²) in [6.45, 7) is 5.24. The average molecular weight is 407 g/mol. The third kappa shape index (κ3) is 4.20. The van der Waals surface area contributed by atoms with E-state index in [1.54, 1.807) is 24.1 Å². The number of sulfonamides is 1. The Morgan fingerprint density at radius 2 is 1.93 bits per heavy atom. The molecular weight excluding hydrogens is 382 g/mol. The van der Waals surface area contributed by atoms with E-state index in [1.165, 1.54) is 22.7 Å². The number of nitro benzene ring substituents is 1. The molecule has 1 fully saturated rings. The summed E-state index contributed by atoms with van der Waals surface area (Å²) in [6.07, 6.45) is 2.51. The van der Waals surface area contributed by atoms with Crippen molar-refractivity contribution in [2.24, 2.45) is 11.8 Å². The van der Waals surface area contributed by atoms with Crippen LogP contribution in [0.4, 0.5) is 11.4 Å². The lowest BCUT2D eigenvalue weighted by Gasteiger charge is -2.34. The van der Waals surface area contributed by atoms with Gasteiger partial charge < -0.3 is 9.32 Å². The summed E-state index contributed by atoms with van der Waals surface area (Å²) in [5.74, 6) is 1.17. The molecule has 2 atom stereocenters. The molecule has 2 aromatic rings. The molecule has 0 saturated carbocycles. The fourth-order valence-electron chi connectivity index (χ4n) is 3.81. The first-order valence-electron chi connectivity index (χ1n) is 9.20. The SMILES string of the molecule is C[C@@H]1C[C@H](C)CN(S(=O)(=O)c2ccc(N(C)Cc3ccco3)c([N+](=O)[O-])c2)C1. The van der Waals surface area contributed by atoms with Gasteiger partial charge in [0, 0.05) is 26.2 Å². The van der Waals surface area contributed by atoms with Crippen LogP contribution in [0.5, 0.6) is 0 Å². The van der Waals surface area contributed by atoms with Gasteiger partial charge in [-0.15, -0.1) is 0 Å². The van der Waals surface area contributed by atoms with Gasteiger partial charge in [-0.3, -0.25) is 10.1 Å². The van der Waals surface area contributed by atoms with E-state index in [0.29, 0.717) is 31.1 Å². The second kappa shape index (κ2) is 7.92. The van der Waals surface area contributed by atoms with Crippen LogP contribution in [0.25, 0.3) is 0 Å². The van der Waals surface area contributed by atoms with Crippen molar-refractivity contribution in [3.63, 3.8) is 0 Å². The molecule has 0 spiro atoms. The van der Waals surface area contributed by atoms with Gasteiger partial charge in [-0.25, -0.2) is 8.42 Å². The van der Waals surface area contributed by atoms with Crippen LogP contribution >= 0.6 is 0 Å². The number of furan rings is 1. The molecule has 1 saturated heterocycles. The Balaban J connectivity index is 1.93. The van der Waals surface area contributed by atoms with Crippen molar-refractivity contribution < 1.29 is 17.8 Å². The van der Waals surface area contributed by atoms with Crippen molar-refractivity contribution in [1.29, 1.82) is 0 Å². The zero-order valence-electron chi connectivity index (χ0n) is 16.2. The van der Waals surface area contributed by atoms with Crippen LogP contribution in [0.3, 0.4) is 0 Å². The number of piperidine rings is 1. The van der Waals surface area contributed by atoms with Gasteiger partial charge in [0.25, 0.3) is 5.69 Å². The van der Waals surface area contributed by atoms with Crippen molar-refractivity contribution in [2.45, 2.75) is 31.7 Å². The van der Waals surface area contributed by atoms with Crippen LogP contribution in [0.2, 0.25) is 0 Å². The maximum Gasteiger partial charge on any atom is 0.293 e. The Morgan fingerprint density at radius 1 is 1.25 bits per heavy atom. The van der Waals surface area contributed by atoms with E-state index in [0.717, 1.165) is 12.5 Å². The van der Waals surface area contributed by atoms with Gasteiger partial charge in [0.15, 0.2) is 0 Å². The number of benzene rings is 1. The largest absolute Gasteiger partial charge is 0.467 e. The molecule has 1 aliphatic heterocycles. The van der Waals surface area contributed by atoms with E-state index in [1.807, 2.05) is 13.8 Å². The van der Waals surface area contributed by atoms with Gasteiger partial charge in [-0.1, -0.05) is 13.8 Å². The van der Waals surface area contributed by atoms with Crippen molar-refractivity contribution >= 4 is 21.4 Å². The minimum Gasteiger partial charge on any atom is -0.467 e. The molecule has 0 unspecified atom stereocenters. The zero-order chi connectivity index (χ0) is 20.5. The summed E-state index contributed by atoms with van der Waals surface area (Å²) < 4.78 is 32.9. The van der Waals surface area contributed by atoms with Gasteiger partial charge in [-0.2, -0.15) is 4.31 Å². The van der Waals surface area contributed by atoms with Crippen molar-refractivity contribution in [3.8, 4) is 0 Å². The highest BCUT2D eigenvalue weighted by molar-refractivity contribution is 7.89. The van der Waals surface area contributed by atoms with Crippen LogP contribution in [0.1, 0.15) is 26.0 Å². The molecule has 3 rings (SSSR count). The molecule has 1 aromatic carbocycles. The summed E-state index contributed by atoms with van der Waals surface area (Å²) in [4.78, 5) is 12.7. The minimum atomic E-state index is -3.78. The number of hydrogen-bond donors (Lipinski definition) is 0. The lowest BCUT2D eigenvalue weighted by molar-refractivity contribution is -0.384. The first-order chi connectivity index (χ1) is 13.2. The molecule has 0 radical (unpaired) electrons. The molecule has 0 aliphatic carbocycles. The second-order valence-electron chi connectivity index (χ2n) is 7.61. The zero-order valence-corrected chi connectivity index (χ0v) is 17.1. The predicted octanol–water partition coefficient (Wildman–Crippen LogP) is 3.49. The van der Waals surface area contributed by atoms with Gasteiger partial charge >= 0.3 is 0 Å². The molecule has 1 aliphatic rings. The van der Waals surface area contributed by atoms with E-state index in [4.69, 9.17) is 4.42 Å². The van der Waals surface area contributed by atoms with E-state index >= 15 is 0 Å². The predicted molar refractivity (Wildman–Crippen MR) is 106 cm³/mol. The molecule has 8 nitrogen and oxygen atoms in total. The Bertz CT molecular complexity index is 932. The number of nitrogens with zero attached hydrogens (tertiary/aromatic N) is 3. The van der Waals surface area contributed by atoms with Crippen LogP contribution in [0.15, 0.2) is 45.9 Å². The molecule has 1 aromatic heterocycles. The highest BCUT2D eigenvalue weighted by atomic mass is 32.2. The summed E-state index contributed by atoms with van der Waals surface area (Å²) in [5, 5.41) is 11.6. The van der Waals surface area contributed by atoms with Gasteiger partial charge in [0.05, 0.1) is 22.6 Å². The highest BCUT2D eigenvalue weighted by Gasteiger charge is 2.33. The van der Waals surface area contributed by atoms with Crippen LogP contribution in [-0.4, -0.2) is 37.8 Å². The summed E-state index contributed by atoms with van der Waals surface area (Å²) in [6, 6.07) is 7.62. The molecule has 0 bridgehead atoms. The monoisotopic (exact) mass is 407 g/mol. The molecular formula is C19H25N3O5S. The Kier molecular flexibility index (Phi) is 5.76. The smallest absolute Gasteiger partial charge is 0.293 e. The molecule has 9 heteroatoms. The normalized spacial score (nSPS) is 20.8. The van der Waals surface area contributed by atoms with E-state index in [9.17, 15) is 18.5 Å². The lowest BCUT2D eigenvalue weighted by atomic mass is 9.94. The molecule has 152 valence electrons. The second-order valence-corrected chi connectivity index (χ2v) is 9.55. The fraction of sp³-hybridized carbons (Fsp3) is 0.474. The number of hydrogen-bond acceptors (Lipinski definition) is 6. The van der Waals surface area contributed by atoms with E-state index < -0.39 is 14.9 Å². The third-order valence-corrected chi connectivity index (χ3v) is 6.83. The van der Waals surface area contributed by atoms with Crippen molar-refractivity contribution in [2.75, 3.05) is 25.0 Å². The Hall–Kier alpha value is -2.39. The minimum absolute atomic E-state index is 0.0457. The number of nitro groups is 1. The Labute approximate surface area is 164 Å². The quantitative estimate of drug-likeness (QED) is 0.537. The average Bonchev–Trinajstić information content (AvgIpc) is 3.13. The highest BCUT2D eigenvalue weighted by Crippen LogP contribution is 2.33. The lowest BCUT2D eigenvalue weighted by Crippen LogP contribution is -2.42. The molecule has 2 heterocycles. The van der Waals surface area contributed by atoms with Crippen molar-refractivity contribution in [1.82, 2.24) is 4.31 Å². The van der Waals surface area contributed by atoms with Gasteiger partial charge in [0.2, 0.25) is 10.0 Å². The standard InChI is InChI=1S/C19H25N3O5S/c1-14-9-15(2)12-21(11-14)28(25,26)17-6-7-18(19(10-17)22(23)24)20(3)13-16-5-4-8-27-16/h4-8,10,14-15H,9,11-13H2,1-3H3/t14-,15+. The van der Waals surface area contributed by atoms with Crippen LogP contribution < -0.4 is 4.90 Å². The first-order valence-corrected chi connectivity index (χ1v) is 10.6. The topological polar surface area (TPSA) is 96.9 Å². The summed E-state index contributed by atoms with van der Waals surface area (Å²) >= 11 is 0. The molecule has 28 heavy (non-hydrogen) atoms. The molecule has 0 N–H and O–H groups in total. The summed E-state index contributed by atoms with van der Waals surface area (Å²) in [7, 11) is -2.08. The maximum absolute atomic E-state index is 13.1. The number of anilines is 1. The molecule has 0 amide bonds. The van der Waals surface area contributed by atoms with Gasteiger partial charge in [-0.05, 0) is 42.5 Å². The fourth-order valence-corrected chi connectivity index (χ4v) is 5.51. The first kappa shape index (κ1) is 20.3.